The van der Waals surface area contributed by atoms with E-state index >= 15 is 0 Å². The zero-order valence-electron chi connectivity index (χ0n) is 12.6. The van der Waals surface area contributed by atoms with Gasteiger partial charge in [0.2, 0.25) is 5.91 Å². The van der Waals surface area contributed by atoms with Crippen LogP contribution < -0.4 is 16.0 Å². The van der Waals surface area contributed by atoms with E-state index in [9.17, 15) is 4.79 Å². The second-order valence-corrected chi connectivity index (χ2v) is 5.98. The quantitative estimate of drug-likeness (QED) is 0.600. The van der Waals surface area contributed by atoms with Crippen LogP contribution in [0, 0.1) is 5.92 Å². The van der Waals surface area contributed by atoms with Crippen LogP contribution in [0.25, 0.3) is 0 Å². The van der Waals surface area contributed by atoms with Crippen molar-refractivity contribution >= 4 is 5.91 Å². The van der Waals surface area contributed by atoms with Gasteiger partial charge in [0.1, 0.15) is 0 Å². The van der Waals surface area contributed by atoms with Crippen molar-refractivity contribution in [1.29, 1.82) is 0 Å². The number of methoxy groups -OCH3 is 1. The highest BCUT2D eigenvalue weighted by molar-refractivity contribution is 5.77. The van der Waals surface area contributed by atoms with Crippen LogP contribution in [0.15, 0.2) is 0 Å². The van der Waals surface area contributed by atoms with Crippen molar-refractivity contribution in [2.75, 3.05) is 33.4 Å². The van der Waals surface area contributed by atoms with Crippen LogP contribution in [0.4, 0.5) is 0 Å². The first-order valence-electron chi connectivity index (χ1n) is 8.03. The van der Waals surface area contributed by atoms with Crippen molar-refractivity contribution in [1.82, 2.24) is 16.0 Å². The molecule has 0 aromatic rings. The summed E-state index contributed by atoms with van der Waals surface area (Å²) in [6.07, 6.45) is 7.73. The van der Waals surface area contributed by atoms with E-state index in [0.29, 0.717) is 37.7 Å². The summed E-state index contributed by atoms with van der Waals surface area (Å²) >= 11 is 0. The van der Waals surface area contributed by atoms with Crippen LogP contribution in [0.2, 0.25) is 0 Å². The number of carbonyl (C=O) groups excluding carboxylic acids is 1. The first-order valence-corrected chi connectivity index (χ1v) is 8.03. The second-order valence-electron chi connectivity index (χ2n) is 5.98. The zero-order valence-corrected chi connectivity index (χ0v) is 12.6. The fraction of sp³-hybridized carbons (Fsp3) is 0.933. The number of piperidine rings is 1. The lowest BCUT2D eigenvalue weighted by atomic mass is 9.88. The van der Waals surface area contributed by atoms with Gasteiger partial charge in [0.25, 0.3) is 0 Å². The summed E-state index contributed by atoms with van der Waals surface area (Å²) in [6, 6.07) is 1.15. The van der Waals surface area contributed by atoms with Gasteiger partial charge in [-0.3, -0.25) is 4.79 Å². The third kappa shape index (κ3) is 4.72. The number of ether oxygens (including phenoxy) is 1. The van der Waals surface area contributed by atoms with Crippen molar-refractivity contribution < 1.29 is 9.53 Å². The van der Waals surface area contributed by atoms with Crippen LogP contribution in [0.1, 0.15) is 38.5 Å². The molecule has 2 aliphatic rings. The van der Waals surface area contributed by atoms with Crippen LogP contribution in [0.3, 0.4) is 0 Å². The molecule has 1 amide bonds. The lowest BCUT2D eigenvalue weighted by Crippen LogP contribution is -2.48. The number of hydrogen-bond acceptors (Lipinski definition) is 4. The molecule has 3 atom stereocenters. The molecular formula is C15H29N3O2. The average molecular weight is 283 g/mol. The summed E-state index contributed by atoms with van der Waals surface area (Å²) in [5.74, 6) is 0.770. The number of amides is 1. The highest BCUT2D eigenvalue weighted by Gasteiger charge is 2.33. The Morgan fingerprint density at radius 3 is 2.90 bits per heavy atom. The summed E-state index contributed by atoms with van der Waals surface area (Å²) in [7, 11) is 1.64. The molecule has 116 valence electrons. The van der Waals surface area contributed by atoms with Crippen molar-refractivity contribution in [3.8, 4) is 0 Å². The summed E-state index contributed by atoms with van der Waals surface area (Å²) in [5, 5.41) is 9.99. The van der Waals surface area contributed by atoms with Crippen molar-refractivity contribution in [2.24, 2.45) is 5.92 Å². The molecular weight excluding hydrogens is 254 g/mol. The van der Waals surface area contributed by atoms with Crippen LogP contribution in [-0.2, 0) is 9.53 Å². The van der Waals surface area contributed by atoms with Gasteiger partial charge < -0.3 is 20.7 Å². The molecule has 3 N–H and O–H groups in total. The highest BCUT2D eigenvalue weighted by Crippen LogP contribution is 2.31. The molecule has 0 aromatic carbocycles. The zero-order chi connectivity index (χ0) is 14.2. The number of rotatable bonds is 7. The molecule has 1 saturated heterocycles. The van der Waals surface area contributed by atoms with Gasteiger partial charge in [-0.05, 0) is 38.1 Å². The third-order valence-corrected chi connectivity index (χ3v) is 4.59. The largest absolute Gasteiger partial charge is 0.383 e. The van der Waals surface area contributed by atoms with Gasteiger partial charge in [0, 0.05) is 25.7 Å². The first-order chi connectivity index (χ1) is 9.81. The molecule has 0 aromatic heterocycles. The second kappa shape index (κ2) is 8.60. The lowest BCUT2D eigenvalue weighted by molar-refractivity contribution is -0.120. The van der Waals surface area contributed by atoms with E-state index in [1.807, 2.05) is 0 Å². The predicted molar refractivity (Wildman–Crippen MR) is 79.7 cm³/mol. The molecule has 5 nitrogen and oxygen atoms in total. The highest BCUT2D eigenvalue weighted by atomic mass is 16.5. The Bertz CT molecular complexity index is 293. The Morgan fingerprint density at radius 2 is 2.15 bits per heavy atom. The maximum atomic E-state index is 11.7. The fourth-order valence-corrected chi connectivity index (χ4v) is 3.55. The summed E-state index contributed by atoms with van der Waals surface area (Å²) in [4.78, 5) is 11.7. The smallest absolute Gasteiger partial charge is 0.234 e. The van der Waals surface area contributed by atoms with Gasteiger partial charge in [-0.25, -0.2) is 0 Å². The molecule has 1 heterocycles. The molecule has 0 spiro atoms. The Balaban J connectivity index is 1.69. The Kier molecular flexibility index (Phi) is 6.76. The Hall–Kier alpha value is -0.650. The molecule has 0 bridgehead atoms. The minimum absolute atomic E-state index is 0.0734. The number of hydrogen-bond donors (Lipinski definition) is 3. The average Bonchev–Trinajstić information content (AvgIpc) is 2.95. The van der Waals surface area contributed by atoms with Crippen LogP contribution >= 0.6 is 0 Å². The Labute approximate surface area is 122 Å². The Morgan fingerprint density at radius 1 is 1.25 bits per heavy atom. The van der Waals surface area contributed by atoms with Gasteiger partial charge in [0.05, 0.1) is 13.2 Å². The lowest BCUT2D eigenvalue weighted by Gasteiger charge is -2.33. The van der Waals surface area contributed by atoms with Gasteiger partial charge >= 0.3 is 0 Å². The molecule has 20 heavy (non-hydrogen) atoms. The predicted octanol–water partition coefficient (Wildman–Crippen LogP) is 0.649. The molecule has 0 radical (unpaired) electrons. The van der Waals surface area contributed by atoms with E-state index in [1.54, 1.807) is 7.11 Å². The van der Waals surface area contributed by atoms with Gasteiger partial charge in [0.15, 0.2) is 0 Å². The van der Waals surface area contributed by atoms with Crippen LogP contribution in [0.5, 0.6) is 0 Å². The summed E-state index contributed by atoms with van der Waals surface area (Å²) < 4.78 is 4.92. The van der Waals surface area contributed by atoms with Crippen molar-refractivity contribution in [3.05, 3.63) is 0 Å². The standard InChI is InChI=1S/C15H29N3O2/c1-20-10-9-17-15(19)11-18-14-7-4-5-12(14)13-6-2-3-8-16-13/h12-14,16,18H,2-11H2,1H3,(H,17,19). The minimum atomic E-state index is 0.0734. The topological polar surface area (TPSA) is 62.4 Å². The number of carbonyl (C=O) groups is 1. The fourth-order valence-electron chi connectivity index (χ4n) is 3.55. The van der Waals surface area contributed by atoms with E-state index in [-0.39, 0.29) is 5.91 Å². The SMILES string of the molecule is COCCNC(=O)CNC1CCCC1C1CCCCN1. The van der Waals surface area contributed by atoms with E-state index < -0.39 is 0 Å². The molecule has 3 unspecified atom stereocenters. The van der Waals surface area contributed by atoms with Crippen molar-refractivity contribution in [3.63, 3.8) is 0 Å². The normalized spacial score (nSPS) is 30.4. The molecule has 2 fully saturated rings. The summed E-state index contributed by atoms with van der Waals surface area (Å²) in [5.41, 5.74) is 0. The van der Waals surface area contributed by atoms with Crippen LogP contribution in [-0.4, -0.2) is 51.3 Å². The van der Waals surface area contributed by atoms with E-state index in [4.69, 9.17) is 4.74 Å². The summed E-state index contributed by atoms with van der Waals surface area (Å²) in [6.45, 7) is 2.75. The van der Waals surface area contributed by atoms with E-state index in [1.165, 1.54) is 38.5 Å². The molecule has 2 rings (SSSR count). The monoisotopic (exact) mass is 283 g/mol. The molecule has 1 aliphatic heterocycles. The van der Waals surface area contributed by atoms with Gasteiger partial charge in [-0.2, -0.15) is 0 Å². The molecule has 1 aliphatic carbocycles. The first kappa shape index (κ1) is 15.7. The maximum absolute atomic E-state index is 11.7. The van der Waals surface area contributed by atoms with Gasteiger partial charge in [-0.1, -0.05) is 12.8 Å². The van der Waals surface area contributed by atoms with E-state index in [0.717, 1.165) is 6.54 Å². The van der Waals surface area contributed by atoms with Crippen molar-refractivity contribution in [2.45, 2.75) is 50.6 Å². The minimum Gasteiger partial charge on any atom is -0.383 e. The van der Waals surface area contributed by atoms with Gasteiger partial charge in [-0.15, -0.1) is 0 Å². The maximum Gasteiger partial charge on any atom is 0.234 e. The van der Waals surface area contributed by atoms with E-state index in [2.05, 4.69) is 16.0 Å². The molecule has 5 heteroatoms. The third-order valence-electron chi connectivity index (χ3n) is 4.59. The number of nitrogens with one attached hydrogen (secondary N) is 3. The molecule has 1 saturated carbocycles.